The summed E-state index contributed by atoms with van der Waals surface area (Å²) in [5.41, 5.74) is 4.92. The van der Waals surface area contributed by atoms with Crippen molar-refractivity contribution in [3.8, 4) is 0 Å². The van der Waals surface area contributed by atoms with Crippen LogP contribution in [-0.2, 0) is 4.79 Å². The van der Waals surface area contributed by atoms with Crippen LogP contribution in [0.25, 0.3) is 6.08 Å². The molecular formula is C14H11N3O5. The molecule has 0 radical (unpaired) electrons. The van der Waals surface area contributed by atoms with Gasteiger partial charge in [-0.05, 0) is 35.9 Å². The number of hydrogen-bond donors (Lipinski definition) is 2. The number of hydrogen-bond acceptors (Lipinski definition) is 5. The highest BCUT2D eigenvalue weighted by atomic mass is 16.6. The summed E-state index contributed by atoms with van der Waals surface area (Å²) in [4.78, 5) is 33.0. The summed E-state index contributed by atoms with van der Waals surface area (Å²) in [7, 11) is 0. The van der Waals surface area contributed by atoms with Crippen molar-refractivity contribution in [1.29, 1.82) is 0 Å². The van der Waals surface area contributed by atoms with E-state index >= 15 is 0 Å². The molecule has 0 atom stereocenters. The Morgan fingerprint density at radius 2 is 1.86 bits per heavy atom. The van der Waals surface area contributed by atoms with Gasteiger partial charge in [-0.1, -0.05) is 0 Å². The van der Waals surface area contributed by atoms with Crippen LogP contribution >= 0.6 is 0 Å². The van der Waals surface area contributed by atoms with Gasteiger partial charge in [0.1, 0.15) is 0 Å². The lowest BCUT2D eigenvalue weighted by molar-refractivity contribution is -0.384. The van der Waals surface area contributed by atoms with Gasteiger partial charge in [0, 0.05) is 18.2 Å². The maximum atomic E-state index is 11.5. The zero-order valence-electron chi connectivity index (χ0n) is 11.2. The molecule has 0 unspecified atom stereocenters. The van der Waals surface area contributed by atoms with Crippen LogP contribution in [0.3, 0.4) is 0 Å². The molecular weight excluding hydrogens is 290 g/mol. The van der Waals surface area contributed by atoms with Crippen molar-refractivity contribution in [2.75, 3.05) is 0 Å². The molecule has 2 rings (SSSR count). The predicted octanol–water partition coefficient (Wildman–Crippen LogP) is 1.66. The molecule has 0 bridgehead atoms. The number of benzene rings is 1. The van der Waals surface area contributed by atoms with Crippen molar-refractivity contribution in [3.63, 3.8) is 0 Å². The molecule has 8 heteroatoms. The van der Waals surface area contributed by atoms with E-state index in [0.717, 1.165) is 0 Å². The highest BCUT2D eigenvalue weighted by molar-refractivity contribution is 5.96. The summed E-state index contributed by atoms with van der Waals surface area (Å²) in [6.45, 7) is 0. The van der Waals surface area contributed by atoms with Crippen molar-refractivity contribution in [3.05, 3.63) is 70.2 Å². The third-order valence-electron chi connectivity index (χ3n) is 2.58. The summed E-state index contributed by atoms with van der Waals surface area (Å²) in [5.74, 6) is -1.07. The summed E-state index contributed by atoms with van der Waals surface area (Å²) in [6.07, 6.45) is 3.98. The minimum Gasteiger partial charge on any atom is -0.459 e. The number of amides is 2. The van der Waals surface area contributed by atoms with Crippen LogP contribution in [0, 0.1) is 10.1 Å². The van der Waals surface area contributed by atoms with Gasteiger partial charge in [-0.15, -0.1) is 0 Å². The van der Waals surface area contributed by atoms with Crippen LogP contribution < -0.4 is 10.9 Å². The fourth-order valence-electron chi connectivity index (χ4n) is 1.51. The van der Waals surface area contributed by atoms with E-state index in [1.807, 2.05) is 0 Å². The van der Waals surface area contributed by atoms with Crippen molar-refractivity contribution >= 4 is 23.6 Å². The molecule has 0 saturated heterocycles. The lowest BCUT2D eigenvalue weighted by Gasteiger charge is -2.02. The molecule has 0 aliphatic rings. The zero-order chi connectivity index (χ0) is 15.9. The Balaban J connectivity index is 1.86. The van der Waals surface area contributed by atoms with E-state index in [-0.39, 0.29) is 11.4 Å². The SMILES string of the molecule is O=C(C=Cc1ccc([N+](=O)[O-])cc1)NNC(=O)c1ccco1. The Labute approximate surface area is 124 Å². The van der Waals surface area contributed by atoms with Crippen molar-refractivity contribution in [2.45, 2.75) is 0 Å². The second-order valence-electron chi connectivity index (χ2n) is 4.10. The van der Waals surface area contributed by atoms with Gasteiger partial charge >= 0.3 is 5.91 Å². The Kier molecular flexibility index (Phi) is 4.66. The fourth-order valence-corrected chi connectivity index (χ4v) is 1.51. The molecule has 0 aliphatic heterocycles. The monoisotopic (exact) mass is 301 g/mol. The first-order valence-corrected chi connectivity index (χ1v) is 6.12. The number of carbonyl (C=O) groups excluding carboxylic acids is 2. The average Bonchev–Trinajstić information content (AvgIpc) is 3.05. The first-order valence-electron chi connectivity index (χ1n) is 6.12. The number of nitro groups is 1. The largest absolute Gasteiger partial charge is 0.459 e. The number of nitrogens with zero attached hydrogens (tertiary/aromatic N) is 1. The summed E-state index contributed by atoms with van der Waals surface area (Å²) < 4.78 is 4.85. The van der Waals surface area contributed by atoms with E-state index in [4.69, 9.17) is 4.42 Å². The summed E-state index contributed by atoms with van der Waals surface area (Å²) in [6, 6.07) is 8.67. The van der Waals surface area contributed by atoms with Gasteiger partial charge in [-0.2, -0.15) is 0 Å². The highest BCUT2D eigenvalue weighted by Gasteiger charge is 2.08. The molecule has 1 aromatic heterocycles. The quantitative estimate of drug-likeness (QED) is 0.506. The van der Waals surface area contributed by atoms with E-state index < -0.39 is 16.7 Å². The van der Waals surface area contributed by atoms with Crippen LogP contribution in [-0.4, -0.2) is 16.7 Å². The lowest BCUT2D eigenvalue weighted by Crippen LogP contribution is -2.40. The van der Waals surface area contributed by atoms with Crippen LogP contribution in [0.1, 0.15) is 16.1 Å². The lowest BCUT2D eigenvalue weighted by atomic mass is 10.2. The molecule has 8 nitrogen and oxygen atoms in total. The van der Waals surface area contributed by atoms with E-state index in [1.54, 1.807) is 6.07 Å². The van der Waals surface area contributed by atoms with E-state index in [0.29, 0.717) is 5.56 Å². The smallest absolute Gasteiger partial charge is 0.305 e. The van der Waals surface area contributed by atoms with Crippen LogP contribution in [0.4, 0.5) is 5.69 Å². The third-order valence-corrected chi connectivity index (χ3v) is 2.58. The van der Waals surface area contributed by atoms with Crippen molar-refractivity contribution in [1.82, 2.24) is 10.9 Å². The molecule has 0 aliphatic carbocycles. The molecule has 22 heavy (non-hydrogen) atoms. The second-order valence-corrected chi connectivity index (χ2v) is 4.10. The Morgan fingerprint density at radius 1 is 1.14 bits per heavy atom. The molecule has 0 spiro atoms. The van der Waals surface area contributed by atoms with E-state index in [1.165, 1.54) is 48.7 Å². The maximum Gasteiger partial charge on any atom is 0.305 e. The van der Waals surface area contributed by atoms with E-state index in [2.05, 4.69) is 10.9 Å². The molecule has 2 N–H and O–H groups in total. The van der Waals surface area contributed by atoms with Crippen LogP contribution in [0.2, 0.25) is 0 Å². The predicted molar refractivity (Wildman–Crippen MR) is 76.4 cm³/mol. The number of carbonyl (C=O) groups is 2. The van der Waals surface area contributed by atoms with Gasteiger partial charge < -0.3 is 4.42 Å². The first-order chi connectivity index (χ1) is 10.6. The van der Waals surface area contributed by atoms with Crippen LogP contribution in [0.15, 0.2) is 53.2 Å². The third kappa shape index (κ3) is 4.04. The normalized spacial score (nSPS) is 10.4. The molecule has 112 valence electrons. The summed E-state index contributed by atoms with van der Waals surface area (Å²) >= 11 is 0. The van der Waals surface area contributed by atoms with Gasteiger partial charge in [0.2, 0.25) is 0 Å². The van der Waals surface area contributed by atoms with Gasteiger partial charge in [-0.3, -0.25) is 30.6 Å². The standard InChI is InChI=1S/C14H11N3O5/c18-13(15-16-14(19)12-2-1-9-22-12)8-5-10-3-6-11(7-4-10)17(20)21/h1-9H,(H,15,18)(H,16,19). The van der Waals surface area contributed by atoms with Gasteiger partial charge in [-0.25, -0.2) is 0 Å². The number of nitrogens with one attached hydrogen (secondary N) is 2. The van der Waals surface area contributed by atoms with Crippen LogP contribution in [0.5, 0.6) is 0 Å². The number of hydrazine groups is 1. The highest BCUT2D eigenvalue weighted by Crippen LogP contribution is 2.12. The molecule has 0 saturated carbocycles. The molecule has 2 aromatic rings. The van der Waals surface area contributed by atoms with E-state index in [9.17, 15) is 19.7 Å². The van der Waals surface area contributed by atoms with Gasteiger partial charge in [0.25, 0.3) is 11.6 Å². The molecule has 1 aromatic carbocycles. The van der Waals surface area contributed by atoms with Crippen molar-refractivity contribution in [2.24, 2.45) is 0 Å². The number of nitro benzene ring substituents is 1. The fraction of sp³-hybridized carbons (Fsp3) is 0. The first kappa shape index (κ1) is 15.0. The van der Waals surface area contributed by atoms with Gasteiger partial charge in [0.05, 0.1) is 11.2 Å². The Bertz CT molecular complexity index is 705. The number of rotatable bonds is 4. The molecule has 0 fully saturated rings. The Hall–Kier alpha value is -3.42. The minimum atomic E-state index is -0.581. The average molecular weight is 301 g/mol. The van der Waals surface area contributed by atoms with Gasteiger partial charge in [0.15, 0.2) is 5.76 Å². The zero-order valence-corrected chi connectivity index (χ0v) is 11.2. The Morgan fingerprint density at radius 3 is 2.45 bits per heavy atom. The molecule has 1 heterocycles. The summed E-state index contributed by atoms with van der Waals surface area (Å²) in [5, 5.41) is 10.5. The second kappa shape index (κ2) is 6.84. The molecule has 2 amide bonds. The minimum absolute atomic E-state index is 0.0349. The number of non-ortho nitro benzene ring substituents is 1. The number of furan rings is 1. The topological polar surface area (TPSA) is 114 Å². The van der Waals surface area contributed by atoms with Crippen molar-refractivity contribution < 1.29 is 18.9 Å². The maximum absolute atomic E-state index is 11.5.